The summed E-state index contributed by atoms with van der Waals surface area (Å²) in [6.07, 6.45) is 0. The summed E-state index contributed by atoms with van der Waals surface area (Å²) in [6.45, 7) is 2.19. The highest BCUT2D eigenvalue weighted by Crippen LogP contribution is 2.39. The van der Waals surface area contributed by atoms with Gasteiger partial charge in [-0.15, -0.1) is 5.10 Å². The third-order valence-corrected chi connectivity index (χ3v) is 6.21. The van der Waals surface area contributed by atoms with Gasteiger partial charge in [0.25, 0.3) is 0 Å². The van der Waals surface area contributed by atoms with Crippen molar-refractivity contribution in [1.82, 2.24) is 14.8 Å². The number of primary amides is 1. The molecule has 36 heavy (non-hydrogen) atoms. The zero-order valence-electron chi connectivity index (χ0n) is 19.7. The first kappa shape index (κ1) is 23.4. The van der Waals surface area contributed by atoms with Crippen LogP contribution in [-0.4, -0.2) is 27.8 Å². The molecule has 0 aliphatic carbocycles. The summed E-state index contributed by atoms with van der Waals surface area (Å²) in [5.41, 5.74) is 9.40. The zero-order chi connectivity index (χ0) is 25.2. The van der Waals surface area contributed by atoms with Crippen molar-refractivity contribution in [1.29, 1.82) is 0 Å². The third kappa shape index (κ3) is 4.50. The van der Waals surface area contributed by atoms with Gasteiger partial charge in [0.05, 0.1) is 12.7 Å². The lowest BCUT2D eigenvalue weighted by Crippen LogP contribution is -2.31. The molecule has 1 unspecified atom stereocenters. The van der Waals surface area contributed by atoms with E-state index in [4.69, 9.17) is 31.9 Å². The number of nitrogens with zero attached hydrogens (tertiary/aromatic N) is 3. The Kier molecular flexibility index (Phi) is 6.35. The number of amides is 1. The van der Waals surface area contributed by atoms with Crippen LogP contribution in [0, 0.1) is 0 Å². The van der Waals surface area contributed by atoms with E-state index >= 15 is 0 Å². The predicted octanol–water partition coefficient (Wildman–Crippen LogP) is 4.96. The first-order valence-corrected chi connectivity index (χ1v) is 11.7. The normalized spacial score (nSPS) is 14.7. The Labute approximate surface area is 213 Å². The maximum Gasteiger partial charge on any atom is 0.248 e. The molecule has 0 spiro atoms. The lowest BCUT2D eigenvalue weighted by atomic mass is 9.95. The minimum Gasteiger partial charge on any atom is -0.493 e. The number of fused-ring (bicyclic) bond motifs is 1. The van der Waals surface area contributed by atoms with Gasteiger partial charge in [-0.25, -0.2) is 4.68 Å². The van der Waals surface area contributed by atoms with Crippen molar-refractivity contribution in [2.24, 2.45) is 5.73 Å². The first-order chi connectivity index (χ1) is 17.4. The van der Waals surface area contributed by atoms with E-state index in [9.17, 15) is 4.79 Å². The highest BCUT2D eigenvalue weighted by atomic mass is 35.5. The molecule has 0 saturated heterocycles. The highest BCUT2D eigenvalue weighted by molar-refractivity contribution is 6.30. The largest absolute Gasteiger partial charge is 0.493 e. The SMILES string of the molecule is COc1cc(C2C(C(N)=O)=C(C)Nc3nc(-c4ccc(Cl)cc4)nn32)ccc1OCc1ccccc1. The van der Waals surface area contributed by atoms with Crippen molar-refractivity contribution in [3.8, 4) is 22.9 Å². The number of nitrogens with two attached hydrogens (primary N) is 1. The monoisotopic (exact) mass is 501 g/mol. The van der Waals surface area contributed by atoms with Gasteiger partial charge < -0.3 is 20.5 Å². The minimum atomic E-state index is -0.607. The molecule has 3 aromatic carbocycles. The fourth-order valence-corrected chi connectivity index (χ4v) is 4.33. The van der Waals surface area contributed by atoms with Gasteiger partial charge >= 0.3 is 0 Å². The molecule has 1 aliphatic rings. The summed E-state index contributed by atoms with van der Waals surface area (Å²) in [5, 5.41) is 8.49. The molecule has 0 fully saturated rings. The Balaban J connectivity index is 1.54. The van der Waals surface area contributed by atoms with E-state index in [0.717, 1.165) is 16.7 Å². The van der Waals surface area contributed by atoms with Gasteiger partial charge in [0.2, 0.25) is 11.9 Å². The van der Waals surface area contributed by atoms with Crippen LogP contribution in [0.15, 0.2) is 84.1 Å². The number of halogens is 1. The van der Waals surface area contributed by atoms with Crippen LogP contribution >= 0.6 is 11.6 Å². The minimum absolute atomic E-state index is 0.384. The lowest BCUT2D eigenvalue weighted by molar-refractivity contribution is -0.115. The molecule has 0 radical (unpaired) electrons. The summed E-state index contributed by atoms with van der Waals surface area (Å²) in [7, 11) is 1.58. The third-order valence-electron chi connectivity index (χ3n) is 5.96. The Hall–Kier alpha value is -4.30. The van der Waals surface area contributed by atoms with Crippen molar-refractivity contribution in [2.45, 2.75) is 19.6 Å². The first-order valence-electron chi connectivity index (χ1n) is 11.3. The van der Waals surface area contributed by atoms with Gasteiger partial charge in [-0.3, -0.25) is 4.79 Å². The predicted molar refractivity (Wildman–Crippen MR) is 138 cm³/mol. The standard InChI is InChI=1S/C27H24ClN5O3/c1-16-23(25(29)34)24(33-27(30-16)31-26(32-33)18-8-11-20(28)12-9-18)19-10-13-21(22(14-19)35-2)36-15-17-6-4-3-5-7-17/h3-14,24H,15H2,1-2H3,(H2,29,34)(H,30,31,32). The maximum absolute atomic E-state index is 12.5. The smallest absolute Gasteiger partial charge is 0.248 e. The van der Waals surface area contributed by atoms with Crippen LogP contribution in [0.2, 0.25) is 5.02 Å². The highest BCUT2D eigenvalue weighted by Gasteiger charge is 2.34. The number of benzene rings is 3. The molecule has 2 heterocycles. The van der Waals surface area contributed by atoms with Crippen molar-refractivity contribution < 1.29 is 14.3 Å². The molecule has 4 aromatic rings. The number of aromatic nitrogens is 3. The van der Waals surface area contributed by atoms with Gasteiger partial charge in [0.15, 0.2) is 17.3 Å². The molecule has 0 bridgehead atoms. The van der Waals surface area contributed by atoms with Crippen LogP contribution < -0.4 is 20.5 Å². The molecular formula is C27H24ClN5O3. The summed E-state index contributed by atoms with van der Waals surface area (Å²) in [5.74, 6) is 1.55. The number of nitrogens with one attached hydrogen (secondary N) is 1. The molecule has 5 rings (SSSR count). The number of carbonyl (C=O) groups excluding carboxylic acids is 1. The van der Waals surface area contributed by atoms with E-state index < -0.39 is 11.9 Å². The molecule has 1 atom stereocenters. The van der Waals surface area contributed by atoms with Gasteiger partial charge in [0, 0.05) is 16.3 Å². The topological polar surface area (TPSA) is 104 Å². The molecule has 3 N–H and O–H groups in total. The maximum atomic E-state index is 12.5. The van der Waals surface area contributed by atoms with E-state index in [0.29, 0.717) is 46.2 Å². The Bertz CT molecular complexity index is 1450. The fraction of sp³-hybridized carbons (Fsp3) is 0.148. The quantitative estimate of drug-likeness (QED) is 0.371. The van der Waals surface area contributed by atoms with Crippen LogP contribution in [0.4, 0.5) is 5.95 Å². The van der Waals surface area contributed by atoms with Crippen LogP contribution in [0.5, 0.6) is 11.5 Å². The van der Waals surface area contributed by atoms with Gasteiger partial charge in [-0.2, -0.15) is 4.98 Å². The zero-order valence-corrected chi connectivity index (χ0v) is 20.5. The number of allylic oxidation sites excluding steroid dienone is 1. The van der Waals surface area contributed by atoms with E-state index in [2.05, 4.69) is 10.3 Å². The second-order valence-corrected chi connectivity index (χ2v) is 8.76. The van der Waals surface area contributed by atoms with Crippen molar-refractivity contribution >= 4 is 23.5 Å². The van der Waals surface area contributed by atoms with Gasteiger partial charge in [-0.1, -0.05) is 48.0 Å². The fourth-order valence-electron chi connectivity index (χ4n) is 4.21. The van der Waals surface area contributed by atoms with Crippen molar-refractivity contribution in [3.05, 3.63) is 100 Å². The summed E-state index contributed by atoms with van der Waals surface area (Å²) in [6, 6.07) is 22.0. The number of methoxy groups -OCH3 is 1. The van der Waals surface area contributed by atoms with E-state index in [1.54, 1.807) is 30.8 Å². The lowest BCUT2D eigenvalue weighted by Gasteiger charge is -2.28. The molecule has 9 heteroatoms. The molecule has 1 aromatic heterocycles. The van der Waals surface area contributed by atoms with Crippen molar-refractivity contribution in [3.63, 3.8) is 0 Å². The van der Waals surface area contributed by atoms with Gasteiger partial charge in [-0.05, 0) is 54.4 Å². The average Bonchev–Trinajstić information content (AvgIpc) is 3.31. The van der Waals surface area contributed by atoms with Crippen LogP contribution in [0.25, 0.3) is 11.4 Å². The molecule has 1 aliphatic heterocycles. The number of carbonyl (C=O) groups is 1. The molecule has 182 valence electrons. The summed E-state index contributed by atoms with van der Waals surface area (Å²) in [4.78, 5) is 17.2. The molecule has 8 nitrogen and oxygen atoms in total. The Morgan fingerprint density at radius 2 is 1.83 bits per heavy atom. The summed E-state index contributed by atoms with van der Waals surface area (Å²) >= 11 is 6.04. The Morgan fingerprint density at radius 1 is 1.08 bits per heavy atom. The van der Waals surface area contributed by atoms with Crippen LogP contribution in [-0.2, 0) is 11.4 Å². The number of hydrogen-bond acceptors (Lipinski definition) is 6. The van der Waals surface area contributed by atoms with Crippen LogP contribution in [0.1, 0.15) is 24.1 Å². The Morgan fingerprint density at radius 3 is 2.53 bits per heavy atom. The van der Waals surface area contributed by atoms with Crippen molar-refractivity contribution in [2.75, 3.05) is 12.4 Å². The second kappa shape index (κ2) is 9.75. The molecular weight excluding hydrogens is 478 g/mol. The molecule has 0 saturated carbocycles. The number of hydrogen-bond donors (Lipinski definition) is 2. The number of ether oxygens (including phenoxy) is 2. The second-order valence-electron chi connectivity index (χ2n) is 8.33. The van der Waals surface area contributed by atoms with Crippen LogP contribution in [0.3, 0.4) is 0 Å². The van der Waals surface area contributed by atoms with E-state index in [1.165, 1.54) is 0 Å². The van der Waals surface area contributed by atoms with Gasteiger partial charge in [0.1, 0.15) is 12.6 Å². The van der Waals surface area contributed by atoms with E-state index in [-0.39, 0.29) is 0 Å². The number of anilines is 1. The summed E-state index contributed by atoms with van der Waals surface area (Å²) < 4.78 is 13.3. The van der Waals surface area contributed by atoms with E-state index in [1.807, 2.05) is 60.7 Å². The average molecular weight is 502 g/mol. The number of rotatable bonds is 7. The molecule has 1 amide bonds.